The summed E-state index contributed by atoms with van der Waals surface area (Å²) in [5.41, 5.74) is 3.63. The molecule has 2 aliphatic heterocycles. The zero-order chi connectivity index (χ0) is 21.8. The van der Waals surface area contributed by atoms with E-state index in [-0.39, 0.29) is 5.91 Å². The van der Waals surface area contributed by atoms with Gasteiger partial charge < -0.3 is 19.1 Å². The first-order valence-corrected chi connectivity index (χ1v) is 11.1. The molecule has 0 unspecified atom stereocenters. The first-order chi connectivity index (χ1) is 15.1. The normalized spacial score (nSPS) is 18.5. The molecule has 2 aromatic rings. The summed E-state index contributed by atoms with van der Waals surface area (Å²) in [5.74, 6) is 2.55. The Morgan fingerprint density at radius 3 is 2.42 bits per heavy atom. The maximum Gasteiger partial charge on any atom is 0.237 e. The minimum atomic E-state index is 0.193. The number of hydrogen-bond acceptors (Lipinski definition) is 5. The fraction of sp³-hybridized carbons (Fsp3) is 0.480. The quantitative estimate of drug-likeness (QED) is 0.676. The molecule has 6 heteroatoms. The third kappa shape index (κ3) is 4.64. The average molecular weight is 425 g/mol. The van der Waals surface area contributed by atoms with Crippen molar-refractivity contribution in [2.75, 3.05) is 40.5 Å². The Morgan fingerprint density at radius 1 is 1.03 bits per heavy atom. The molecule has 0 aliphatic carbocycles. The molecule has 2 heterocycles. The summed E-state index contributed by atoms with van der Waals surface area (Å²) in [4.78, 5) is 17.5. The largest absolute Gasteiger partial charge is 0.494 e. The van der Waals surface area contributed by atoms with Crippen LogP contribution in [0.4, 0.5) is 0 Å². The van der Waals surface area contributed by atoms with E-state index in [1.54, 1.807) is 14.2 Å². The molecule has 2 aliphatic rings. The van der Waals surface area contributed by atoms with Gasteiger partial charge >= 0.3 is 0 Å². The van der Waals surface area contributed by atoms with Gasteiger partial charge in [-0.3, -0.25) is 9.69 Å². The number of rotatable bonds is 7. The fourth-order valence-electron chi connectivity index (χ4n) is 4.72. The van der Waals surface area contributed by atoms with Crippen LogP contribution >= 0.6 is 0 Å². The van der Waals surface area contributed by atoms with E-state index in [0.29, 0.717) is 31.5 Å². The first-order valence-electron chi connectivity index (χ1n) is 11.1. The average Bonchev–Trinajstić information content (AvgIpc) is 3.26. The Balaban J connectivity index is 1.42. The summed E-state index contributed by atoms with van der Waals surface area (Å²) >= 11 is 0. The van der Waals surface area contributed by atoms with Crippen LogP contribution in [0.5, 0.6) is 17.2 Å². The van der Waals surface area contributed by atoms with E-state index in [1.165, 1.54) is 11.1 Å². The second-order valence-electron chi connectivity index (χ2n) is 8.17. The van der Waals surface area contributed by atoms with Gasteiger partial charge in [0.25, 0.3) is 0 Å². The van der Waals surface area contributed by atoms with Gasteiger partial charge in [-0.1, -0.05) is 12.1 Å². The molecule has 1 amide bonds. The van der Waals surface area contributed by atoms with Crippen molar-refractivity contribution in [2.45, 2.75) is 38.8 Å². The third-order valence-electron chi connectivity index (χ3n) is 6.35. The number of likely N-dealkylation sites (tertiary alicyclic amines) is 1. The van der Waals surface area contributed by atoms with Crippen molar-refractivity contribution in [1.29, 1.82) is 0 Å². The lowest BCUT2D eigenvalue weighted by Gasteiger charge is -2.32. The molecule has 4 rings (SSSR count). The van der Waals surface area contributed by atoms with Gasteiger partial charge in [0.15, 0.2) is 11.5 Å². The lowest BCUT2D eigenvalue weighted by Crippen LogP contribution is -2.42. The second-order valence-corrected chi connectivity index (χ2v) is 8.17. The van der Waals surface area contributed by atoms with Crippen molar-refractivity contribution in [1.82, 2.24) is 9.80 Å². The van der Waals surface area contributed by atoms with Gasteiger partial charge in [-0.15, -0.1) is 0 Å². The van der Waals surface area contributed by atoms with Crippen molar-refractivity contribution >= 4 is 5.91 Å². The summed E-state index contributed by atoms with van der Waals surface area (Å²) in [5, 5.41) is 0. The number of carbonyl (C=O) groups excluding carboxylic acids is 1. The van der Waals surface area contributed by atoms with E-state index in [9.17, 15) is 4.79 Å². The highest BCUT2D eigenvalue weighted by molar-refractivity contribution is 5.78. The lowest BCUT2D eigenvalue weighted by atomic mass is 9.98. The van der Waals surface area contributed by atoms with Crippen LogP contribution < -0.4 is 14.2 Å². The first kappa shape index (κ1) is 21.5. The third-order valence-corrected chi connectivity index (χ3v) is 6.35. The van der Waals surface area contributed by atoms with Crippen LogP contribution in [0.2, 0.25) is 0 Å². The highest BCUT2D eigenvalue weighted by atomic mass is 16.5. The Bertz CT molecular complexity index is 912. The molecule has 2 aromatic carbocycles. The predicted octanol–water partition coefficient (Wildman–Crippen LogP) is 3.82. The number of methoxy groups -OCH3 is 2. The molecular weight excluding hydrogens is 392 g/mol. The lowest BCUT2D eigenvalue weighted by molar-refractivity contribution is -0.133. The predicted molar refractivity (Wildman–Crippen MR) is 120 cm³/mol. The van der Waals surface area contributed by atoms with Crippen LogP contribution in [-0.4, -0.2) is 56.2 Å². The minimum absolute atomic E-state index is 0.193. The molecular formula is C25H32N2O4. The van der Waals surface area contributed by atoms with E-state index in [0.717, 1.165) is 49.4 Å². The summed E-state index contributed by atoms with van der Waals surface area (Å²) < 4.78 is 16.4. The van der Waals surface area contributed by atoms with Gasteiger partial charge in [0.1, 0.15) is 5.75 Å². The van der Waals surface area contributed by atoms with E-state index in [4.69, 9.17) is 14.2 Å². The summed E-state index contributed by atoms with van der Waals surface area (Å²) in [6.07, 6.45) is 3.04. The van der Waals surface area contributed by atoms with E-state index in [2.05, 4.69) is 17.0 Å². The van der Waals surface area contributed by atoms with Gasteiger partial charge in [0.2, 0.25) is 5.91 Å². The van der Waals surface area contributed by atoms with Gasteiger partial charge in [0, 0.05) is 19.1 Å². The monoisotopic (exact) mass is 424 g/mol. The zero-order valence-corrected chi connectivity index (χ0v) is 18.7. The van der Waals surface area contributed by atoms with Crippen molar-refractivity contribution in [2.24, 2.45) is 0 Å². The summed E-state index contributed by atoms with van der Waals surface area (Å²) in [6.45, 7) is 5.43. The van der Waals surface area contributed by atoms with Crippen LogP contribution in [0.3, 0.4) is 0 Å². The molecule has 1 atom stereocenters. The molecule has 0 bridgehead atoms. The Kier molecular flexibility index (Phi) is 6.66. The van der Waals surface area contributed by atoms with Crippen LogP contribution in [0.25, 0.3) is 0 Å². The molecule has 166 valence electrons. The topological polar surface area (TPSA) is 51.2 Å². The second kappa shape index (κ2) is 9.60. The molecule has 6 nitrogen and oxygen atoms in total. The summed E-state index contributed by atoms with van der Waals surface area (Å²) in [7, 11) is 3.30. The highest BCUT2D eigenvalue weighted by Gasteiger charge is 2.30. The molecule has 0 aromatic heterocycles. The van der Waals surface area contributed by atoms with Crippen molar-refractivity contribution in [3.05, 3.63) is 53.1 Å². The number of carbonyl (C=O) groups is 1. The number of amides is 1. The van der Waals surface area contributed by atoms with Gasteiger partial charge in [-0.2, -0.15) is 0 Å². The van der Waals surface area contributed by atoms with Crippen molar-refractivity contribution in [3.63, 3.8) is 0 Å². The van der Waals surface area contributed by atoms with E-state index in [1.807, 2.05) is 36.1 Å². The summed E-state index contributed by atoms with van der Waals surface area (Å²) in [6, 6.07) is 12.7. The molecule has 0 spiro atoms. The Labute approximate surface area is 184 Å². The number of nitrogens with zero attached hydrogens (tertiary/aromatic N) is 2. The smallest absolute Gasteiger partial charge is 0.237 e. The number of benzene rings is 2. The van der Waals surface area contributed by atoms with Crippen LogP contribution in [0.15, 0.2) is 36.4 Å². The maximum absolute atomic E-state index is 13.2. The van der Waals surface area contributed by atoms with Crippen LogP contribution in [-0.2, 0) is 17.8 Å². The van der Waals surface area contributed by atoms with Gasteiger partial charge in [-0.05, 0) is 73.7 Å². The van der Waals surface area contributed by atoms with Crippen LogP contribution in [0.1, 0.15) is 42.5 Å². The highest BCUT2D eigenvalue weighted by Crippen LogP contribution is 2.35. The van der Waals surface area contributed by atoms with Crippen molar-refractivity contribution in [3.8, 4) is 17.2 Å². The van der Waals surface area contributed by atoms with Crippen molar-refractivity contribution < 1.29 is 19.0 Å². The molecule has 1 saturated heterocycles. The Morgan fingerprint density at radius 2 is 1.74 bits per heavy atom. The molecule has 0 radical (unpaired) electrons. The molecule has 1 fully saturated rings. The SMILES string of the molecule is CCOc1ccc([C@@H]2CCCN2CC(=O)N2CCc3cc(OC)c(OC)cc3C2)cc1. The van der Waals surface area contributed by atoms with E-state index >= 15 is 0 Å². The van der Waals surface area contributed by atoms with Crippen LogP contribution in [0, 0.1) is 0 Å². The minimum Gasteiger partial charge on any atom is -0.494 e. The molecule has 31 heavy (non-hydrogen) atoms. The maximum atomic E-state index is 13.2. The number of ether oxygens (including phenoxy) is 3. The van der Waals surface area contributed by atoms with Gasteiger partial charge in [-0.25, -0.2) is 0 Å². The Hall–Kier alpha value is -2.73. The fourth-order valence-corrected chi connectivity index (χ4v) is 4.72. The standard InChI is InChI=1S/C25H32N2O4/c1-4-31-21-9-7-18(8-10-21)22-6-5-12-26(22)17-25(28)27-13-11-19-14-23(29-2)24(30-3)15-20(19)16-27/h7-10,14-15,22H,4-6,11-13,16-17H2,1-3H3/t22-/m0/s1. The zero-order valence-electron chi connectivity index (χ0n) is 18.7. The van der Waals surface area contributed by atoms with Gasteiger partial charge in [0.05, 0.1) is 27.4 Å². The number of hydrogen-bond donors (Lipinski definition) is 0. The van der Waals surface area contributed by atoms with E-state index < -0.39 is 0 Å². The number of fused-ring (bicyclic) bond motifs is 1. The molecule has 0 saturated carbocycles. The molecule has 0 N–H and O–H groups in total.